The molecule has 0 aliphatic rings. The van der Waals surface area contributed by atoms with Gasteiger partial charge in [-0.05, 0) is 24.3 Å². The Kier molecular flexibility index (Phi) is 3.42. The van der Waals surface area contributed by atoms with Crippen molar-refractivity contribution >= 4 is 23.0 Å². The molecule has 0 saturated carbocycles. The first-order valence-electron chi connectivity index (χ1n) is 5.27. The van der Waals surface area contributed by atoms with E-state index >= 15 is 0 Å². The van der Waals surface area contributed by atoms with Gasteiger partial charge in [0.15, 0.2) is 0 Å². The van der Waals surface area contributed by atoms with Crippen molar-refractivity contribution in [3.8, 4) is 5.75 Å². The molecule has 8 heteroatoms. The lowest BCUT2D eigenvalue weighted by Gasteiger charge is -2.07. The number of nitrogens with one attached hydrogen (secondary N) is 1. The van der Waals surface area contributed by atoms with Gasteiger partial charge in [-0.2, -0.15) is 0 Å². The lowest BCUT2D eigenvalue weighted by molar-refractivity contribution is -0.383. The van der Waals surface area contributed by atoms with E-state index in [0.29, 0.717) is 11.4 Å². The van der Waals surface area contributed by atoms with E-state index in [0.717, 1.165) is 6.33 Å². The lowest BCUT2D eigenvalue weighted by Crippen LogP contribution is -2.04. The molecule has 0 fully saturated rings. The highest BCUT2D eigenvalue weighted by Gasteiger charge is 2.20. The van der Waals surface area contributed by atoms with Crippen LogP contribution in [-0.2, 0) is 0 Å². The number of aromatic nitrogens is 2. The zero-order valence-electron chi connectivity index (χ0n) is 10.0. The van der Waals surface area contributed by atoms with E-state index in [2.05, 4.69) is 15.3 Å². The molecule has 1 aromatic carbocycles. The predicted octanol–water partition coefficient (Wildman–Crippen LogP) is 1.72. The number of nitrogens with zero attached hydrogens (tertiary/aromatic N) is 3. The summed E-state index contributed by atoms with van der Waals surface area (Å²) in [4.78, 5) is 17.7. The van der Waals surface area contributed by atoms with E-state index in [-0.39, 0.29) is 17.3 Å². The zero-order valence-corrected chi connectivity index (χ0v) is 10.0. The van der Waals surface area contributed by atoms with E-state index in [1.807, 2.05) is 0 Å². The first-order chi connectivity index (χ1) is 9.11. The molecule has 0 radical (unpaired) electrons. The summed E-state index contributed by atoms with van der Waals surface area (Å²) in [5.74, 6) is 0.543. The van der Waals surface area contributed by atoms with E-state index in [4.69, 9.17) is 10.5 Å². The van der Waals surface area contributed by atoms with Crippen LogP contribution in [0.5, 0.6) is 5.75 Å². The maximum absolute atomic E-state index is 10.9. The Morgan fingerprint density at radius 1 is 1.32 bits per heavy atom. The minimum Gasteiger partial charge on any atom is -0.497 e. The van der Waals surface area contributed by atoms with Gasteiger partial charge in [-0.1, -0.05) is 0 Å². The predicted molar refractivity (Wildman–Crippen MR) is 69.4 cm³/mol. The molecule has 0 saturated heterocycles. The lowest BCUT2D eigenvalue weighted by atomic mass is 10.3. The fourth-order valence-corrected chi connectivity index (χ4v) is 1.47. The van der Waals surface area contributed by atoms with Crippen LogP contribution in [0.4, 0.5) is 23.0 Å². The van der Waals surface area contributed by atoms with Gasteiger partial charge in [0.25, 0.3) is 0 Å². The van der Waals surface area contributed by atoms with Crippen molar-refractivity contribution < 1.29 is 9.66 Å². The third kappa shape index (κ3) is 2.68. The number of anilines is 3. The van der Waals surface area contributed by atoms with Crippen LogP contribution in [0.2, 0.25) is 0 Å². The Morgan fingerprint density at radius 3 is 2.58 bits per heavy atom. The minimum absolute atomic E-state index is 0.0441. The summed E-state index contributed by atoms with van der Waals surface area (Å²) in [6, 6.07) is 6.86. The number of hydrogen-bond acceptors (Lipinski definition) is 7. The Morgan fingerprint density at radius 2 is 2.00 bits per heavy atom. The van der Waals surface area contributed by atoms with Crippen molar-refractivity contribution in [3.05, 3.63) is 40.7 Å². The highest BCUT2D eigenvalue weighted by molar-refractivity contribution is 5.72. The Hall–Kier alpha value is -2.90. The zero-order chi connectivity index (χ0) is 13.8. The van der Waals surface area contributed by atoms with Gasteiger partial charge < -0.3 is 15.8 Å². The van der Waals surface area contributed by atoms with Crippen LogP contribution in [0.3, 0.4) is 0 Å². The molecule has 0 unspecified atom stereocenters. The van der Waals surface area contributed by atoms with Crippen molar-refractivity contribution in [1.29, 1.82) is 0 Å². The molecule has 0 aliphatic carbocycles. The van der Waals surface area contributed by atoms with Crippen molar-refractivity contribution in [3.63, 3.8) is 0 Å². The molecule has 0 aliphatic heterocycles. The highest BCUT2D eigenvalue weighted by atomic mass is 16.6. The second-order valence-electron chi connectivity index (χ2n) is 3.57. The van der Waals surface area contributed by atoms with Crippen molar-refractivity contribution in [1.82, 2.24) is 9.97 Å². The largest absolute Gasteiger partial charge is 0.497 e. The molecule has 0 bridgehead atoms. The summed E-state index contributed by atoms with van der Waals surface area (Å²) in [5, 5.41) is 13.7. The molecule has 0 atom stereocenters. The molecule has 0 spiro atoms. The van der Waals surface area contributed by atoms with Crippen LogP contribution in [0.25, 0.3) is 0 Å². The van der Waals surface area contributed by atoms with Gasteiger partial charge in [0.2, 0.25) is 11.6 Å². The molecule has 3 N–H and O–H groups in total. The molecular weight excluding hydrogens is 250 g/mol. The van der Waals surface area contributed by atoms with E-state index in [1.54, 1.807) is 31.4 Å². The summed E-state index contributed by atoms with van der Waals surface area (Å²) in [6.45, 7) is 0. The monoisotopic (exact) mass is 261 g/mol. The Balaban J connectivity index is 2.32. The smallest absolute Gasteiger partial charge is 0.353 e. The highest BCUT2D eigenvalue weighted by Crippen LogP contribution is 2.29. The second kappa shape index (κ2) is 5.17. The molecule has 19 heavy (non-hydrogen) atoms. The third-order valence-corrected chi connectivity index (χ3v) is 2.39. The topological polar surface area (TPSA) is 116 Å². The molecule has 8 nitrogen and oxygen atoms in total. The molecular formula is C11H11N5O3. The first-order valence-corrected chi connectivity index (χ1v) is 5.27. The van der Waals surface area contributed by atoms with Gasteiger partial charge in [0.05, 0.1) is 12.0 Å². The van der Waals surface area contributed by atoms with E-state index in [1.165, 1.54) is 0 Å². The number of hydrogen-bond donors (Lipinski definition) is 2. The van der Waals surface area contributed by atoms with Crippen molar-refractivity contribution in [2.75, 3.05) is 18.2 Å². The maximum Gasteiger partial charge on any atom is 0.353 e. The van der Waals surface area contributed by atoms with Crippen LogP contribution >= 0.6 is 0 Å². The molecule has 1 heterocycles. The number of nitrogens with two attached hydrogens (primary N) is 1. The Bertz CT molecular complexity index is 600. The van der Waals surface area contributed by atoms with Crippen molar-refractivity contribution in [2.45, 2.75) is 0 Å². The average Bonchev–Trinajstić information content (AvgIpc) is 2.39. The number of nitrogen functional groups attached to an aromatic ring is 1. The second-order valence-corrected chi connectivity index (χ2v) is 3.57. The number of ether oxygens (including phenoxy) is 1. The van der Waals surface area contributed by atoms with Gasteiger partial charge >= 0.3 is 5.69 Å². The van der Waals surface area contributed by atoms with Gasteiger partial charge in [-0.25, -0.2) is 9.97 Å². The SMILES string of the molecule is COc1ccc(Nc2ncnc(N)c2[N+](=O)[O-])cc1. The van der Waals surface area contributed by atoms with E-state index < -0.39 is 4.92 Å². The number of methoxy groups -OCH3 is 1. The number of rotatable bonds is 4. The van der Waals surface area contributed by atoms with Gasteiger partial charge in [-0.3, -0.25) is 10.1 Å². The summed E-state index contributed by atoms with van der Waals surface area (Å²) in [5.41, 5.74) is 5.75. The summed E-state index contributed by atoms with van der Waals surface area (Å²) >= 11 is 0. The normalized spacial score (nSPS) is 9.95. The van der Waals surface area contributed by atoms with Crippen LogP contribution in [0.1, 0.15) is 0 Å². The maximum atomic E-state index is 10.9. The van der Waals surface area contributed by atoms with Gasteiger partial charge in [0, 0.05) is 5.69 Å². The molecule has 98 valence electrons. The molecule has 2 aromatic rings. The number of nitro groups is 1. The average molecular weight is 261 g/mol. The molecule has 0 amide bonds. The Labute approximate surface area is 108 Å². The summed E-state index contributed by atoms with van der Waals surface area (Å²) in [6.07, 6.45) is 1.16. The van der Waals surface area contributed by atoms with Crippen LogP contribution < -0.4 is 15.8 Å². The quantitative estimate of drug-likeness (QED) is 0.635. The van der Waals surface area contributed by atoms with Crippen LogP contribution in [-0.4, -0.2) is 22.0 Å². The summed E-state index contributed by atoms with van der Waals surface area (Å²) in [7, 11) is 1.55. The summed E-state index contributed by atoms with van der Waals surface area (Å²) < 4.78 is 5.02. The number of benzene rings is 1. The van der Waals surface area contributed by atoms with Crippen LogP contribution in [0, 0.1) is 10.1 Å². The van der Waals surface area contributed by atoms with Gasteiger partial charge in [-0.15, -0.1) is 0 Å². The fraction of sp³-hybridized carbons (Fsp3) is 0.0909. The van der Waals surface area contributed by atoms with Gasteiger partial charge in [0.1, 0.15) is 12.1 Å². The standard InChI is InChI=1S/C11H11N5O3/c1-19-8-4-2-7(3-5-8)15-11-9(16(17)18)10(12)13-6-14-11/h2-6H,1H3,(H3,12,13,14,15). The molecule has 2 rings (SSSR count). The minimum atomic E-state index is -0.624. The van der Waals surface area contributed by atoms with E-state index in [9.17, 15) is 10.1 Å². The fourth-order valence-electron chi connectivity index (χ4n) is 1.47. The third-order valence-electron chi connectivity index (χ3n) is 2.39. The van der Waals surface area contributed by atoms with Crippen LogP contribution in [0.15, 0.2) is 30.6 Å². The van der Waals surface area contributed by atoms with Crippen molar-refractivity contribution in [2.24, 2.45) is 0 Å². The molecule has 1 aromatic heterocycles. The first kappa shape index (κ1) is 12.6.